The number of nitrogens with zero attached hydrogens (tertiary/aromatic N) is 2. The number of benzene rings is 2. The monoisotopic (exact) mass is 399 g/mol. The number of amides is 1. The first kappa shape index (κ1) is 20.4. The van der Waals surface area contributed by atoms with E-state index in [2.05, 4.69) is 10.3 Å². The topological polar surface area (TPSA) is 45.2 Å². The van der Waals surface area contributed by atoms with E-state index >= 15 is 0 Å². The Hall–Kier alpha value is -3.35. The lowest BCUT2D eigenvalue weighted by atomic mass is 10.2. The standard InChI is InChI=1S/C22H20F3N3O/c1-2-28(15-16-7-4-3-5-8-16)21(29)20-14-19(11-12-26-20)27-18-10-6-9-17(13-18)22(23,24)25/h3-14H,2,15H2,1H3,(H,26,27). The lowest BCUT2D eigenvalue weighted by Crippen LogP contribution is -2.31. The Balaban J connectivity index is 1.77. The van der Waals surface area contributed by atoms with Crippen LogP contribution in [0.5, 0.6) is 0 Å². The third-order valence-corrected chi connectivity index (χ3v) is 4.34. The normalized spacial score (nSPS) is 11.2. The van der Waals surface area contributed by atoms with Crippen molar-refractivity contribution in [3.05, 3.63) is 89.7 Å². The van der Waals surface area contributed by atoms with Gasteiger partial charge in [0, 0.05) is 30.7 Å². The van der Waals surface area contributed by atoms with E-state index in [1.807, 2.05) is 37.3 Å². The summed E-state index contributed by atoms with van der Waals surface area (Å²) in [5.74, 6) is -0.246. The smallest absolute Gasteiger partial charge is 0.355 e. The SMILES string of the molecule is CCN(Cc1ccccc1)C(=O)c1cc(Nc2cccc(C(F)(F)F)c2)ccn1. The van der Waals surface area contributed by atoms with Crippen LogP contribution < -0.4 is 5.32 Å². The van der Waals surface area contributed by atoms with E-state index in [4.69, 9.17) is 0 Å². The summed E-state index contributed by atoms with van der Waals surface area (Å²) >= 11 is 0. The lowest BCUT2D eigenvalue weighted by molar-refractivity contribution is -0.137. The van der Waals surface area contributed by atoms with Gasteiger partial charge in [0.05, 0.1) is 5.56 Å². The van der Waals surface area contributed by atoms with Crippen LogP contribution in [0.25, 0.3) is 0 Å². The zero-order valence-electron chi connectivity index (χ0n) is 15.8. The number of carbonyl (C=O) groups excluding carboxylic acids is 1. The molecule has 7 heteroatoms. The van der Waals surface area contributed by atoms with Gasteiger partial charge in [-0.2, -0.15) is 13.2 Å². The van der Waals surface area contributed by atoms with Crippen LogP contribution >= 0.6 is 0 Å². The van der Waals surface area contributed by atoms with E-state index < -0.39 is 11.7 Å². The quantitative estimate of drug-likeness (QED) is 0.595. The van der Waals surface area contributed by atoms with E-state index in [0.29, 0.717) is 18.8 Å². The summed E-state index contributed by atoms with van der Waals surface area (Å²) in [5, 5.41) is 2.91. The van der Waals surface area contributed by atoms with Gasteiger partial charge in [-0.05, 0) is 42.8 Å². The molecule has 0 saturated heterocycles. The summed E-state index contributed by atoms with van der Waals surface area (Å²) in [6, 6.07) is 17.6. The van der Waals surface area contributed by atoms with E-state index in [-0.39, 0.29) is 17.3 Å². The van der Waals surface area contributed by atoms with Gasteiger partial charge in [-0.3, -0.25) is 9.78 Å². The Morgan fingerprint density at radius 3 is 2.41 bits per heavy atom. The van der Waals surface area contributed by atoms with Gasteiger partial charge in [0.2, 0.25) is 0 Å². The van der Waals surface area contributed by atoms with E-state index in [0.717, 1.165) is 17.7 Å². The molecule has 1 amide bonds. The van der Waals surface area contributed by atoms with Crippen molar-refractivity contribution >= 4 is 17.3 Å². The second-order valence-electron chi connectivity index (χ2n) is 6.44. The van der Waals surface area contributed by atoms with Crippen LogP contribution in [0.3, 0.4) is 0 Å². The van der Waals surface area contributed by atoms with E-state index in [9.17, 15) is 18.0 Å². The average molecular weight is 399 g/mol. The molecule has 1 aromatic heterocycles. The maximum Gasteiger partial charge on any atom is 0.416 e. The minimum atomic E-state index is -4.42. The van der Waals surface area contributed by atoms with Gasteiger partial charge in [0.15, 0.2) is 0 Å². The van der Waals surface area contributed by atoms with Crippen LogP contribution in [0.4, 0.5) is 24.5 Å². The first-order chi connectivity index (χ1) is 13.9. The highest BCUT2D eigenvalue weighted by Crippen LogP contribution is 2.31. The van der Waals surface area contributed by atoms with Crippen LogP contribution in [0.1, 0.15) is 28.5 Å². The Bertz CT molecular complexity index is 974. The minimum Gasteiger partial charge on any atom is -0.355 e. The molecule has 0 spiro atoms. The van der Waals surface area contributed by atoms with Crippen LogP contribution in [0, 0.1) is 0 Å². The van der Waals surface area contributed by atoms with Gasteiger partial charge in [0.25, 0.3) is 5.91 Å². The zero-order chi connectivity index (χ0) is 20.9. The second kappa shape index (κ2) is 8.77. The van der Waals surface area contributed by atoms with Crippen LogP contribution in [-0.4, -0.2) is 22.3 Å². The molecular weight excluding hydrogens is 379 g/mol. The molecule has 4 nitrogen and oxygen atoms in total. The van der Waals surface area contributed by atoms with Crippen molar-refractivity contribution in [2.24, 2.45) is 0 Å². The summed E-state index contributed by atoms with van der Waals surface area (Å²) < 4.78 is 38.7. The third kappa shape index (κ3) is 5.34. The Morgan fingerprint density at radius 2 is 1.72 bits per heavy atom. The summed E-state index contributed by atoms with van der Waals surface area (Å²) in [6.07, 6.45) is -2.96. The van der Waals surface area contributed by atoms with Crippen LogP contribution in [-0.2, 0) is 12.7 Å². The van der Waals surface area contributed by atoms with Gasteiger partial charge in [-0.1, -0.05) is 36.4 Å². The molecule has 0 fully saturated rings. The first-order valence-corrected chi connectivity index (χ1v) is 9.10. The summed E-state index contributed by atoms with van der Waals surface area (Å²) in [4.78, 5) is 18.7. The van der Waals surface area contributed by atoms with Gasteiger partial charge in [-0.15, -0.1) is 0 Å². The number of anilines is 2. The van der Waals surface area contributed by atoms with Gasteiger partial charge >= 0.3 is 6.18 Å². The van der Waals surface area contributed by atoms with Crippen molar-refractivity contribution in [1.29, 1.82) is 0 Å². The van der Waals surface area contributed by atoms with Crippen LogP contribution in [0.2, 0.25) is 0 Å². The predicted molar refractivity (Wildman–Crippen MR) is 106 cm³/mol. The Labute approximate surface area is 167 Å². The molecule has 0 bridgehead atoms. The van der Waals surface area contributed by atoms with Crippen LogP contribution in [0.15, 0.2) is 72.9 Å². The third-order valence-electron chi connectivity index (χ3n) is 4.34. The molecule has 0 aliphatic heterocycles. The van der Waals surface area contributed by atoms with E-state index in [1.165, 1.54) is 24.4 Å². The average Bonchev–Trinajstić information content (AvgIpc) is 2.72. The molecule has 3 aromatic rings. The molecule has 3 rings (SSSR count). The fourth-order valence-corrected chi connectivity index (χ4v) is 2.86. The Kier molecular flexibility index (Phi) is 6.16. The van der Waals surface area contributed by atoms with Crippen molar-refractivity contribution < 1.29 is 18.0 Å². The summed E-state index contributed by atoms with van der Waals surface area (Å²) in [5.41, 5.74) is 1.24. The van der Waals surface area contributed by atoms with Crippen molar-refractivity contribution in [3.8, 4) is 0 Å². The maximum atomic E-state index is 12.9. The number of hydrogen-bond acceptors (Lipinski definition) is 3. The van der Waals surface area contributed by atoms with Gasteiger partial charge in [-0.25, -0.2) is 0 Å². The van der Waals surface area contributed by atoms with Crippen molar-refractivity contribution in [2.45, 2.75) is 19.6 Å². The highest BCUT2D eigenvalue weighted by atomic mass is 19.4. The molecule has 2 aromatic carbocycles. The highest BCUT2D eigenvalue weighted by Gasteiger charge is 2.30. The maximum absolute atomic E-state index is 12.9. The molecule has 0 aliphatic carbocycles. The molecule has 29 heavy (non-hydrogen) atoms. The fourth-order valence-electron chi connectivity index (χ4n) is 2.86. The number of alkyl halides is 3. The molecule has 0 atom stereocenters. The number of carbonyl (C=O) groups is 1. The molecular formula is C22H20F3N3O. The van der Waals surface area contributed by atoms with Crippen molar-refractivity contribution in [1.82, 2.24) is 9.88 Å². The largest absolute Gasteiger partial charge is 0.416 e. The number of rotatable bonds is 6. The Morgan fingerprint density at radius 1 is 1.00 bits per heavy atom. The minimum absolute atomic E-state index is 0.222. The molecule has 0 saturated carbocycles. The van der Waals surface area contributed by atoms with Gasteiger partial charge < -0.3 is 10.2 Å². The molecule has 0 radical (unpaired) electrons. The molecule has 1 N–H and O–H groups in total. The van der Waals surface area contributed by atoms with E-state index in [1.54, 1.807) is 11.0 Å². The first-order valence-electron chi connectivity index (χ1n) is 9.10. The molecule has 1 heterocycles. The highest BCUT2D eigenvalue weighted by molar-refractivity contribution is 5.93. The molecule has 150 valence electrons. The number of nitrogens with one attached hydrogen (secondary N) is 1. The summed E-state index contributed by atoms with van der Waals surface area (Å²) in [6.45, 7) is 2.83. The summed E-state index contributed by atoms with van der Waals surface area (Å²) in [7, 11) is 0. The molecule has 0 unspecified atom stereocenters. The predicted octanol–water partition coefficient (Wildman–Crippen LogP) is 5.51. The lowest BCUT2D eigenvalue weighted by Gasteiger charge is -2.21. The number of hydrogen-bond donors (Lipinski definition) is 1. The fraction of sp³-hybridized carbons (Fsp3) is 0.182. The van der Waals surface area contributed by atoms with Gasteiger partial charge in [0.1, 0.15) is 5.69 Å². The van der Waals surface area contributed by atoms with Crippen molar-refractivity contribution in [2.75, 3.05) is 11.9 Å². The van der Waals surface area contributed by atoms with Crippen molar-refractivity contribution in [3.63, 3.8) is 0 Å². The second-order valence-corrected chi connectivity index (χ2v) is 6.44. The number of aromatic nitrogens is 1. The molecule has 0 aliphatic rings. The number of halogens is 3. The zero-order valence-corrected chi connectivity index (χ0v) is 15.8. The number of pyridine rings is 1.